The minimum Gasteiger partial charge on any atom is -0.315 e. The van der Waals surface area contributed by atoms with Crippen molar-refractivity contribution in [3.05, 3.63) is 29.8 Å². The molecule has 4 nitrogen and oxygen atoms in total. The molecule has 0 saturated carbocycles. The number of hydrogen-bond acceptors (Lipinski definition) is 3. The summed E-state index contributed by atoms with van der Waals surface area (Å²) >= 11 is 0. The second kappa shape index (κ2) is 5.82. The molecule has 1 atom stereocenters. The third-order valence-electron chi connectivity index (χ3n) is 3.25. The van der Waals surface area contributed by atoms with Gasteiger partial charge in [0.2, 0.25) is 10.0 Å². The summed E-state index contributed by atoms with van der Waals surface area (Å²) in [6.07, 6.45) is 3.08. The van der Waals surface area contributed by atoms with E-state index in [2.05, 4.69) is 10.0 Å². The predicted octanol–water partition coefficient (Wildman–Crippen LogP) is 1.42. The maximum atomic E-state index is 12.3. The molecule has 1 saturated heterocycles. The molecule has 0 aliphatic carbocycles. The van der Waals surface area contributed by atoms with E-state index in [0.717, 1.165) is 31.4 Å². The van der Waals surface area contributed by atoms with E-state index in [9.17, 15) is 8.42 Å². The van der Waals surface area contributed by atoms with Crippen LogP contribution < -0.4 is 10.0 Å². The zero-order chi connectivity index (χ0) is 13.0. The predicted molar refractivity (Wildman–Crippen MR) is 72.0 cm³/mol. The molecule has 1 aromatic rings. The van der Waals surface area contributed by atoms with Crippen LogP contribution in [0.25, 0.3) is 0 Å². The fourth-order valence-electron chi connectivity index (χ4n) is 2.26. The van der Waals surface area contributed by atoms with Crippen molar-refractivity contribution < 1.29 is 8.42 Å². The second-order valence-electron chi connectivity index (χ2n) is 4.78. The first kappa shape index (κ1) is 13.5. The van der Waals surface area contributed by atoms with Crippen molar-refractivity contribution >= 4 is 10.0 Å². The lowest BCUT2D eigenvalue weighted by molar-refractivity contribution is 0.521. The molecule has 100 valence electrons. The van der Waals surface area contributed by atoms with E-state index in [4.69, 9.17) is 0 Å². The van der Waals surface area contributed by atoms with E-state index < -0.39 is 10.0 Å². The van der Waals surface area contributed by atoms with Crippen LogP contribution in [0.1, 0.15) is 24.8 Å². The fraction of sp³-hybridized carbons (Fsp3) is 0.538. The molecular formula is C13H20N2O2S. The summed E-state index contributed by atoms with van der Waals surface area (Å²) in [7, 11) is -3.40. The highest BCUT2D eigenvalue weighted by Crippen LogP contribution is 2.15. The number of nitrogens with one attached hydrogen (secondary N) is 2. The molecule has 1 aliphatic rings. The Balaban J connectivity index is 2.14. The van der Waals surface area contributed by atoms with Gasteiger partial charge in [-0.2, -0.15) is 0 Å². The summed E-state index contributed by atoms with van der Waals surface area (Å²) in [6, 6.07) is 7.08. The number of aryl methyl sites for hydroxylation is 1. The van der Waals surface area contributed by atoms with E-state index in [1.807, 2.05) is 19.1 Å². The van der Waals surface area contributed by atoms with Crippen molar-refractivity contribution in [2.24, 2.45) is 0 Å². The minimum absolute atomic E-state index is 0.00268. The topological polar surface area (TPSA) is 58.2 Å². The van der Waals surface area contributed by atoms with E-state index in [1.54, 1.807) is 12.1 Å². The van der Waals surface area contributed by atoms with E-state index in [1.165, 1.54) is 0 Å². The third kappa shape index (κ3) is 3.31. The van der Waals surface area contributed by atoms with Gasteiger partial charge in [-0.15, -0.1) is 0 Å². The monoisotopic (exact) mass is 268 g/mol. The Labute approximate surface area is 109 Å². The van der Waals surface area contributed by atoms with Crippen LogP contribution in [0, 0.1) is 6.92 Å². The normalized spacial score (nSPS) is 21.5. The van der Waals surface area contributed by atoms with Gasteiger partial charge in [0.25, 0.3) is 0 Å². The van der Waals surface area contributed by atoms with Crippen LogP contribution in [0.2, 0.25) is 0 Å². The van der Waals surface area contributed by atoms with Crippen molar-refractivity contribution in [1.82, 2.24) is 10.0 Å². The molecule has 1 fully saturated rings. The van der Waals surface area contributed by atoms with Gasteiger partial charge in [-0.05, 0) is 37.9 Å². The third-order valence-corrected chi connectivity index (χ3v) is 4.93. The van der Waals surface area contributed by atoms with Gasteiger partial charge in [0.1, 0.15) is 0 Å². The average molecular weight is 268 g/mol. The van der Waals surface area contributed by atoms with Crippen LogP contribution in [0.15, 0.2) is 29.2 Å². The molecule has 1 aromatic carbocycles. The average Bonchev–Trinajstić information content (AvgIpc) is 2.57. The van der Waals surface area contributed by atoms with E-state index >= 15 is 0 Å². The van der Waals surface area contributed by atoms with Crippen molar-refractivity contribution in [1.29, 1.82) is 0 Å². The lowest BCUT2D eigenvalue weighted by Crippen LogP contribution is -2.40. The Morgan fingerprint density at radius 3 is 2.83 bits per heavy atom. The molecule has 1 aliphatic heterocycles. The number of rotatable bonds is 3. The zero-order valence-electron chi connectivity index (χ0n) is 10.6. The summed E-state index contributed by atoms with van der Waals surface area (Å²) in [4.78, 5) is 0.384. The van der Waals surface area contributed by atoms with Crippen LogP contribution in [0.5, 0.6) is 0 Å². The van der Waals surface area contributed by atoms with E-state index in [-0.39, 0.29) is 6.04 Å². The first-order valence-corrected chi connectivity index (χ1v) is 7.86. The Morgan fingerprint density at radius 1 is 1.28 bits per heavy atom. The van der Waals surface area contributed by atoms with Gasteiger partial charge < -0.3 is 5.32 Å². The van der Waals surface area contributed by atoms with Crippen LogP contribution in [-0.2, 0) is 10.0 Å². The number of sulfonamides is 1. The maximum absolute atomic E-state index is 12.3. The van der Waals surface area contributed by atoms with Gasteiger partial charge in [-0.25, -0.2) is 13.1 Å². The molecule has 2 N–H and O–H groups in total. The SMILES string of the molecule is Cc1ccccc1S(=O)(=O)NC1CCCCNC1. The Bertz CT molecular complexity index is 491. The van der Waals surface area contributed by atoms with Crippen molar-refractivity contribution in [2.45, 2.75) is 37.1 Å². The first-order chi connectivity index (χ1) is 8.59. The lowest BCUT2D eigenvalue weighted by atomic mass is 10.2. The van der Waals surface area contributed by atoms with Gasteiger partial charge in [0, 0.05) is 12.6 Å². The van der Waals surface area contributed by atoms with Crippen LogP contribution in [0.3, 0.4) is 0 Å². The summed E-state index contributed by atoms with van der Waals surface area (Å²) < 4.78 is 27.4. The van der Waals surface area contributed by atoms with Gasteiger partial charge in [-0.1, -0.05) is 24.6 Å². The molecule has 1 heterocycles. The molecule has 1 unspecified atom stereocenters. The Kier molecular flexibility index (Phi) is 4.37. The summed E-state index contributed by atoms with van der Waals surface area (Å²) in [5, 5.41) is 3.26. The summed E-state index contributed by atoms with van der Waals surface area (Å²) in [6.45, 7) is 3.51. The van der Waals surface area contributed by atoms with Crippen LogP contribution >= 0.6 is 0 Å². The van der Waals surface area contributed by atoms with Gasteiger partial charge in [0.15, 0.2) is 0 Å². The molecule has 2 rings (SSSR count). The number of hydrogen-bond donors (Lipinski definition) is 2. The molecular weight excluding hydrogens is 248 g/mol. The largest absolute Gasteiger partial charge is 0.315 e. The molecule has 18 heavy (non-hydrogen) atoms. The maximum Gasteiger partial charge on any atom is 0.241 e. The lowest BCUT2D eigenvalue weighted by Gasteiger charge is -2.17. The Hall–Kier alpha value is -0.910. The van der Waals surface area contributed by atoms with Crippen LogP contribution in [0.4, 0.5) is 0 Å². The van der Waals surface area contributed by atoms with Gasteiger partial charge >= 0.3 is 0 Å². The second-order valence-corrected chi connectivity index (χ2v) is 6.47. The van der Waals surface area contributed by atoms with Gasteiger partial charge in [-0.3, -0.25) is 0 Å². The standard InChI is InChI=1S/C13H20N2O2S/c1-11-6-2-3-8-13(11)18(16,17)15-12-7-4-5-9-14-10-12/h2-3,6,8,12,14-15H,4-5,7,9-10H2,1H3. The molecule has 0 spiro atoms. The van der Waals surface area contributed by atoms with Crippen molar-refractivity contribution in [3.63, 3.8) is 0 Å². The minimum atomic E-state index is -3.40. The van der Waals surface area contributed by atoms with Gasteiger partial charge in [0.05, 0.1) is 4.90 Å². The highest BCUT2D eigenvalue weighted by atomic mass is 32.2. The highest BCUT2D eigenvalue weighted by Gasteiger charge is 2.21. The molecule has 0 aromatic heterocycles. The smallest absolute Gasteiger partial charge is 0.241 e. The van der Waals surface area contributed by atoms with Crippen LogP contribution in [-0.4, -0.2) is 27.5 Å². The first-order valence-electron chi connectivity index (χ1n) is 6.38. The fourth-order valence-corrected chi connectivity index (χ4v) is 3.78. The quantitative estimate of drug-likeness (QED) is 0.871. The summed E-state index contributed by atoms with van der Waals surface area (Å²) in [5.41, 5.74) is 0.784. The molecule has 0 amide bonds. The molecule has 0 bridgehead atoms. The highest BCUT2D eigenvalue weighted by molar-refractivity contribution is 7.89. The molecule has 0 radical (unpaired) electrons. The Morgan fingerprint density at radius 2 is 2.06 bits per heavy atom. The zero-order valence-corrected chi connectivity index (χ0v) is 11.5. The van der Waals surface area contributed by atoms with E-state index in [0.29, 0.717) is 11.4 Å². The van der Waals surface area contributed by atoms with Crippen molar-refractivity contribution in [3.8, 4) is 0 Å². The van der Waals surface area contributed by atoms with Crippen molar-refractivity contribution in [2.75, 3.05) is 13.1 Å². The molecule has 5 heteroatoms. The number of benzene rings is 1. The summed E-state index contributed by atoms with van der Waals surface area (Å²) in [5.74, 6) is 0.